The lowest BCUT2D eigenvalue weighted by Crippen LogP contribution is -2.13. The van der Waals surface area contributed by atoms with E-state index in [1.807, 2.05) is 19.1 Å². The van der Waals surface area contributed by atoms with Crippen molar-refractivity contribution in [2.75, 3.05) is 5.32 Å². The molecule has 4 nitrogen and oxygen atoms in total. The van der Waals surface area contributed by atoms with Crippen LogP contribution in [0.1, 0.15) is 21.6 Å². The summed E-state index contributed by atoms with van der Waals surface area (Å²) >= 11 is 0. The molecule has 3 rings (SSSR count). The summed E-state index contributed by atoms with van der Waals surface area (Å²) in [4.78, 5) is 20.7. The molecule has 4 heteroatoms. The van der Waals surface area contributed by atoms with Crippen molar-refractivity contribution in [1.82, 2.24) is 9.97 Å². The fraction of sp³-hybridized carbons (Fsp3) is 0.118. The van der Waals surface area contributed by atoms with E-state index in [0.29, 0.717) is 5.69 Å². The third-order valence-electron chi connectivity index (χ3n) is 3.58. The maximum absolute atomic E-state index is 12.2. The fourth-order valence-electron chi connectivity index (χ4n) is 2.25. The van der Waals surface area contributed by atoms with Crippen LogP contribution in [0.3, 0.4) is 0 Å². The van der Waals surface area contributed by atoms with Gasteiger partial charge in [0.05, 0.1) is 11.2 Å². The van der Waals surface area contributed by atoms with Gasteiger partial charge in [-0.2, -0.15) is 0 Å². The van der Waals surface area contributed by atoms with E-state index in [-0.39, 0.29) is 5.91 Å². The Morgan fingerprint density at radius 1 is 1.00 bits per heavy atom. The summed E-state index contributed by atoms with van der Waals surface area (Å²) in [6.07, 6.45) is 3.32. The number of pyridine rings is 2. The van der Waals surface area contributed by atoms with Gasteiger partial charge < -0.3 is 5.32 Å². The normalized spacial score (nSPS) is 10.6. The van der Waals surface area contributed by atoms with Crippen LogP contribution in [0.2, 0.25) is 0 Å². The van der Waals surface area contributed by atoms with Crippen LogP contribution in [0.5, 0.6) is 0 Å². The van der Waals surface area contributed by atoms with Crippen LogP contribution in [-0.2, 0) is 0 Å². The minimum absolute atomic E-state index is 0.221. The van der Waals surface area contributed by atoms with Gasteiger partial charge in [0.25, 0.3) is 5.91 Å². The molecule has 1 amide bonds. The van der Waals surface area contributed by atoms with Crippen LogP contribution in [0, 0.1) is 13.8 Å². The highest BCUT2D eigenvalue weighted by atomic mass is 16.1. The van der Waals surface area contributed by atoms with Crippen molar-refractivity contribution in [3.8, 4) is 0 Å². The number of amides is 1. The molecule has 0 fully saturated rings. The van der Waals surface area contributed by atoms with E-state index in [2.05, 4.69) is 22.2 Å². The third kappa shape index (κ3) is 2.48. The Balaban J connectivity index is 2.02. The number of fused-ring (bicyclic) bond motifs is 1. The summed E-state index contributed by atoms with van der Waals surface area (Å²) in [5.74, 6) is -0.221. The molecule has 0 radical (unpaired) electrons. The van der Waals surface area contributed by atoms with Gasteiger partial charge >= 0.3 is 0 Å². The molecule has 2 heterocycles. The van der Waals surface area contributed by atoms with E-state index in [1.54, 1.807) is 36.7 Å². The van der Waals surface area contributed by atoms with Crippen molar-refractivity contribution >= 4 is 22.5 Å². The molecule has 0 aliphatic carbocycles. The smallest absolute Gasteiger partial charge is 0.274 e. The molecule has 2 aromatic heterocycles. The Bertz CT molecular complexity index is 813. The van der Waals surface area contributed by atoms with Crippen LogP contribution >= 0.6 is 0 Å². The molecule has 21 heavy (non-hydrogen) atoms. The highest BCUT2D eigenvalue weighted by Crippen LogP contribution is 2.26. The number of hydrogen-bond acceptors (Lipinski definition) is 3. The molecule has 0 bridgehead atoms. The minimum Gasteiger partial charge on any atom is -0.320 e. The number of benzene rings is 1. The standard InChI is InChI=1S/C17H15N3O/c1-11-6-7-13-14(8-10-19-16(13)12(11)2)20-17(21)15-5-3-4-9-18-15/h3-10H,1-2H3,(H,19,20,21). The van der Waals surface area contributed by atoms with Crippen LogP contribution < -0.4 is 5.32 Å². The van der Waals surface area contributed by atoms with Gasteiger partial charge in [0.1, 0.15) is 5.69 Å². The average Bonchev–Trinajstić information content (AvgIpc) is 2.52. The first-order chi connectivity index (χ1) is 10.2. The summed E-state index contributed by atoms with van der Waals surface area (Å²) < 4.78 is 0. The first-order valence-electron chi connectivity index (χ1n) is 6.74. The zero-order chi connectivity index (χ0) is 14.8. The summed E-state index contributed by atoms with van der Waals surface area (Å²) in [6, 6.07) is 11.1. The molecule has 104 valence electrons. The maximum atomic E-state index is 12.2. The zero-order valence-corrected chi connectivity index (χ0v) is 11.9. The SMILES string of the molecule is Cc1ccc2c(NC(=O)c3ccccn3)ccnc2c1C. The van der Waals surface area contributed by atoms with Gasteiger partial charge in [-0.15, -0.1) is 0 Å². The number of aromatic nitrogens is 2. The predicted octanol–water partition coefficient (Wildman–Crippen LogP) is 3.50. The van der Waals surface area contributed by atoms with Gasteiger partial charge in [-0.05, 0) is 43.2 Å². The number of anilines is 1. The highest BCUT2D eigenvalue weighted by molar-refractivity contribution is 6.08. The molecule has 0 unspecified atom stereocenters. The first kappa shape index (κ1) is 13.2. The lowest BCUT2D eigenvalue weighted by Gasteiger charge is -2.10. The maximum Gasteiger partial charge on any atom is 0.274 e. The van der Waals surface area contributed by atoms with E-state index in [0.717, 1.165) is 22.2 Å². The number of carbonyl (C=O) groups excluding carboxylic acids is 1. The molecule has 0 spiro atoms. The number of aryl methyl sites for hydroxylation is 2. The molecule has 1 N–H and O–H groups in total. The third-order valence-corrected chi connectivity index (χ3v) is 3.58. The lowest BCUT2D eigenvalue weighted by atomic mass is 10.0. The first-order valence-corrected chi connectivity index (χ1v) is 6.74. The molecular formula is C17H15N3O. The minimum atomic E-state index is -0.221. The van der Waals surface area contributed by atoms with Crippen LogP contribution in [0.25, 0.3) is 10.9 Å². The Kier molecular flexibility index (Phi) is 3.36. The van der Waals surface area contributed by atoms with Crippen molar-refractivity contribution in [3.63, 3.8) is 0 Å². The van der Waals surface area contributed by atoms with Gasteiger partial charge in [-0.25, -0.2) is 0 Å². The lowest BCUT2D eigenvalue weighted by molar-refractivity contribution is 0.102. The van der Waals surface area contributed by atoms with Crippen molar-refractivity contribution in [1.29, 1.82) is 0 Å². The Morgan fingerprint density at radius 2 is 1.86 bits per heavy atom. The Morgan fingerprint density at radius 3 is 2.62 bits per heavy atom. The molecule has 0 aliphatic heterocycles. The van der Waals surface area contributed by atoms with Gasteiger partial charge in [-0.3, -0.25) is 14.8 Å². The van der Waals surface area contributed by atoms with Crippen molar-refractivity contribution in [2.24, 2.45) is 0 Å². The fourth-order valence-corrected chi connectivity index (χ4v) is 2.25. The topological polar surface area (TPSA) is 54.9 Å². The van der Waals surface area contributed by atoms with Crippen molar-refractivity contribution in [2.45, 2.75) is 13.8 Å². The Hall–Kier alpha value is -2.75. The van der Waals surface area contributed by atoms with E-state index in [9.17, 15) is 4.79 Å². The van der Waals surface area contributed by atoms with Crippen LogP contribution in [0.15, 0.2) is 48.8 Å². The quantitative estimate of drug-likeness (QED) is 0.780. The largest absolute Gasteiger partial charge is 0.320 e. The van der Waals surface area contributed by atoms with Gasteiger partial charge in [-0.1, -0.05) is 18.2 Å². The number of nitrogens with zero attached hydrogens (tertiary/aromatic N) is 2. The van der Waals surface area contributed by atoms with Gasteiger partial charge in [0.2, 0.25) is 0 Å². The summed E-state index contributed by atoms with van der Waals surface area (Å²) in [6.45, 7) is 4.09. The second-order valence-electron chi connectivity index (χ2n) is 4.93. The van der Waals surface area contributed by atoms with Crippen molar-refractivity contribution in [3.05, 3.63) is 65.6 Å². The predicted molar refractivity (Wildman–Crippen MR) is 83.4 cm³/mol. The number of rotatable bonds is 2. The molecule has 0 aliphatic rings. The molecule has 3 aromatic rings. The molecule has 0 saturated heterocycles. The number of nitrogens with one attached hydrogen (secondary N) is 1. The molecule has 0 saturated carbocycles. The van der Waals surface area contributed by atoms with E-state index in [4.69, 9.17) is 0 Å². The molecular weight excluding hydrogens is 262 g/mol. The van der Waals surface area contributed by atoms with Gasteiger partial charge in [0.15, 0.2) is 0 Å². The summed E-state index contributed by atoms with van der Waals surface area (Å²) in [5.41, 5.74) is 4.36. The highest BCUT2D eigenvalue weighted by Gasteiger charge is 2.11. The summed E-state index contributed by atoms with van der Waals surface area (Å²) in [5, 5.41) is 3.84. The number of hydrogen-bond donors (Lipinski definition) is 1. The second kappa shape index (κ2) is 5.32. The molecule has 0 atom stereocenters. The van der Waals surface area contributed by atoms with Crippen LogP contribution in [-0.4, -0.2) is 15.9 Å². The monoisotopic (exact) mass is 277 g/mol. The number of carbonyl (C=O) groups is 1. The molecule has 1 aromatic carbocycles. The Labute approximate surface area is 122 Å². The summed E-state index contributed by atoms with van der Waals surface area (Å²) in [7, 11) is 0. The van der Waals surface area contributed by atoms with E-state index >= 15 is 0 Å². The van der Waals surface area contributed by atoms with Gasteiger partial charge in [0, 0.05) is 17.8 Å². The second-order valence-corrected chi connectivity index (χ2v) is 4.93. The average molecular weight is 277 g/mol. The van der Waals surface area contributed by atoms with E-state index < -0.39 is 0 Å². The van der Waals surface area contributed by atoms with Crippen molar-refractivity contribution < 1.29 is 4.79 Å². The van der Waals surface area contributed by atoms with E-state index in [1.165, 1.54) is 5.56 Å². The van der Waals surface area contributed by atoms with Crippen LogP contribution in [0.4, 0.5) is 5.69 Å². The zero-order valence-electron chi connectivity index (χ0n) is 11.9.